The van der Waals surface area contributed by atoms with Gasteiger partial charge in [0.05, 0.1) is 6.04 Å². The average Bonchev–Trinajstić information content (AvgIpc) is 2.67. The van der Waals surface area contributed by atoms with Crippen LogP contribution in [-0.2, 0) is 11.3 Å². The lowest BCUT2D eigenvalue weighted by Crippen LogP contribution is -2.63. The molecule has 1 aliphatic heterocycles. The van der Waals surface area contributed by atoms with Gasteiger partial charge in [0, 0.05) is 38.3 Å². The molecule has 4 aliphatic carbocycles. The van der Waals surface area contributed by atoms with Crippen LogP contribution in [0.1, 0.15) is 51.0 Å². The molecule has 5 fully saturated rings. The number of carbonyl (C=O) groups excluding carboxylic acids is 1. The van der Waals surface area contributed by atoms with Crippen molar-refractivity contribution < 1.29 is 4.79 Å². The number of rotatable bonds is 5. The molecule has 6 rings (SSSR count). The third kappa shape index (κ3) is 3.73. The van der Waals surface area contributed by atoms with E-state index in [9.17, 15) is 4.79 Å². The first-order valence-corrected chi connectivity index (χ1v) is 11.4. The van der Waals surface area contributed by atoms with Crippen molar-refractivity contribution in [3.05, 3.63) is 35.9 Å². The summed E-state index contributed by atoms with van der Waals surface area (Å²) >= 11 is 0. The number of piperazine rings is 1. The number of amides is 1. The molecule has 4 heteroatoms. The van der Waals surface area contributed by atoms with E-state index in [0.717, 1.165) is 50.5 Å². The highest BCUT2D eigenvalue weighted by molar-refractivity contribution is 5.82. The molecular formula is C24H35N3O. The van der Waals surface area contributed by atoms with Crippen LogP contribution in [0, 0.1) is 17.8 Å². The number of hydrogen-bond donors (Lipinski definition) is 1. The van der Waals surface area contributed by atoms with Crippen LogP contribution in [-0.4, -0.2) is 53.5 Å². The molecule has 1 aromatic carbocycles. The zero-order valence-electron chi connectivity index (χ0n) is 17.3. The number of carbonyl (C=O) groups is 1. The molecule has 4 nitrogen and oxygen atoms in total. The van der Waals surface area contributed by atoms with E-state index in [1.54, 1.807) is 0 Å². The molecule has 1 unspecified atom stereocenters. The Morgan fingerprint density at radius 1 is 1.00 bits per heavy atom. The van der Waals surface area contributed by atoms with Crippen LogP contribution in [0.2, 0.25) is 0 Å². The molecule has 28 heavy (non-hydrogen) atoms. The lowest BCUT2D eigenvalue weighted by atomic mass is 9.53. The molecule has 1 N–H and O–H groups in total. The minimum atomic E-state index is -0.00752. The van der Waals surface area contributed by atoms with E-state index in [-0.39, 0.29) is 17.5 Å². The van der Waals surface area contributed by atoms with Gasteiger partial charge in [-0.2, -0.15) is 0 Å². The van der Waals surface area contributed by atoms with Gasteiger partial charge in [0.1, 0.15) is 0 Å². The SMILES string of the molecule is CC(C(=O)NC12CC3CC(CC(C3)C1)C2)N1CCN(Cc2ccccc2)CC1. The molecule has 4 saturated carbocycles. The summed E-state index contributed by atoms with van der Waals surface area (Å²) < 4.78 is 0. The first-order chi connectivity index (χ1) is 13.6. The Morgan fingerprint density at radius 2 is 1.57 bits per heavy atom. The Morgan fingerprint density at radius 3 is 2.14 bits per heavy atom. The second kappa shape index (κ2) is 7.46. The Labute approximate surface area is 169 Å². The van der Waals surface area contributed by atoms with E-state index < -0.39 is 0 Å². The van der Waals surface area contributed by atoms with Crippen molar-refractivity contribution in [3.63, 3.8) is 0 Å². The van der Waals surface area contributed by atoms with Gasteiger partial charge >= 0.3 is 0 Å². The van der Waals surface area contributed by atoms with Crippen LogP contribution >= 0.6 is 0 Å². The van der Waals surface area contributed by atoms with Crippen molar-refractivity contribution in [2.24, 2.45) is 17.8 Å². The van der Waals surface area contributed by atoms with Crippen LogP contribution in [0.5, 0.6) is 0 Å². The molecule has 0 spiro atoms. The molecular weight excluding hydrogens is 346 g/mol. The van der Waals surface area contributed by atoms with Crippen molar-refractivity contribution in [3.8, 4) is 0 Å². The summed E-state index contributed by atoms with van der Waals surface area (Å²) in [5.41, 5.74) is 1.51. The number of nitrogens with zero attached hydrogens (tertiary/aromatic N) is 2. The molecule has 1 aromatic rings. The Bertz CT molecular complexity index is 660. The standard InChI is InChI=1S/C24H35N3O/c1-18(27-9-7-26(8-10-27)17-19-5-3-2-4-6-19)23(28)25-24-14-20-11-21(15-24)13-22(12-20)16-24/h2-6,18,20-22H,7-17H2,1H3,(H,25,28). The second-order valence-electron chi connectivity index (χ2n) is 10.2. The van der Waals surface area contributed by atoms with E-state index >= 15 is 0 Å². The molecule has 0 radical (unpaired) electrons. The van der Waals surface area contributed by atoms with Gasteiger partial charge in [0.25, 0.3) is 0 Å². The van der Waals surface area contributed by atoms with Gasteiger partial charge in [0.2, 0.25) is 5.91 Å². The predicted octanol–water partition coefficient (Wildman–Crippen LogP) is 3.28. The predicted molar refractivity (Wildman–Crippen MR) is 112 cm³/mol. The average molecular weight is 382 g/mol. The van der Waals surface area contributed by atoms with Crippen LogP contribution in [0.15, 0.2) is 30.3 Å². The maximum Gasteiger partial charge on any atom is 0.237 e. The molecule has 0 aromatic heterocycles. The lowest BCUT2D eigenvalue weighted by molar-refractivity contribution is -0.132. The third-order valence-corrected chi connectivity index (χ3v) is 8.01. The van der Waals surface area contributed by atoms with Gasteiger partial charge in [0.15, 0.2) is 0 Å². The summed E-state index contributed by atoms with van der Waals surface area (Å²) in [6.07, 6.45) is 7.99. The van der Waals surface area contributed by atoms with Crippen molar-refractivity contribution in [2.45, 2.75) is 63.6 Å². The van der Waals surface area contributed by atoms with Gasteiger partial charge in [-0.05, 0) is 68.8 Å². The van der Waals surface area contributed by atoms with Gasteiger partial charge in [-0.3, -0.25) is 14.6 Å². The van der Waals surface area contributed by atoms with Gasteiger partial charge in [-0.25, -0.2) is 0 Å². The highest BCUT2D eigenvalue weighted by Crippen LogP contribution is 2.55. The third-order valence-electron chi connectivity index (χ3n) is 8.01. The van der Waals surface area contributed by atoms with E-state index in [1.807, 2.05) is 0 Å². The number of benzene rings is 1. The minimum Gasteiger partial charge on any atom is -0.349 e. The Hall–Kier alpha value is -1.39. The number of nitrogens with one attached hydrogen (secondary N) is 1. The van der Waals surface area contributed by atoms with Crippen LogP contribution in [0.3, 0.4) is 0 Å². The molecule has 1 amide bonds. The highest BCUT2D eigenvalue weighted by atomic mass is 16.2. The van der Waals surface area contributed by atoms with E-state index in [0.29, 0.717) is 0 Å². The lowest BCUT2D eigenvalue weighted by Gasteiger charge is -2.57. The molecule has 1 heterocycles. The van der Waals surface area contributed by atoms with Gasteiger partial charge < -0.3 is 5.32 Å². The molecule has 5 aliphatic rings. The molecule has 1 saturated heterocycles. The van der Waals surface area contributed by atoms with Crippen molar-refractivity contribution in [2.75, 3.05) is 26.2 Å². The smallest absolute Gasteiger partial charge is 0.237 e. The van der Waals surface area contributed by atoms with E-state index in [1.165, 1.54) is 44.1 Å². The van der Waals surface area contributed by atoms with Gasteiger partial charge in [-0.1, -0.05) is 30.3 Å². The van der Waals surface area contributed by atoms with Crippen molar-refractivity contribution in [1.29, 1.82) is 0 Å². The summed E-state index contributed by atoms with van der Waals surface area (Å²) in [6, 6.07) is 10.7. The fourth-order valence-corrected chi connectivity index (χ4v) is 6.95. The summed E-state index contributed by atoms with van der Waals surface area (Å²) in [4.78, 5) is 18.0. The van der Waals surface area contributed by atoms with Crippen molar-refractivity contribution in [1.82, 2.24) is 15.1 Å². The van der Waals surface area contributed by atoms with E-state index in [2.05, 4.69) is 52.4 Å². The largest absolute Gasteiger partial charge is 0.349 e. The summed E-state index contributed by atoms with van der Waals surface area (Å²) in [5, 5.41) is 3.58. The quantitative estimate of drug-likeness (QED) is 0.850. The monoisotopic (exact) mass is 381 g/mol. The Kier molecular flexibility index (Phi) is 4.96. The normalized spacial score (nSPS) is 36.4. The first kappa shape index (κ1) is 18.6. The zero-order valence-corrected chi connectivity index (χ0v) is 17.3. The van der Waals surface area contributed by atoms with Crippen LogP contribution in [0.25, 0.3) is 0 Å². The fraction of sp³-hybridized carbons (Fsp3) is 0.708. The highest BCUT2D eigenvalue weighted by Gasteiger charge is 2.51. The Balaban J connectivity index is 1.14. The second-order valence-corrected chi connectivity index (χ2v) is 10.2. The topological polar surface area (TPSA) is 35.6 Å². The van der Waals surface area contributed by atoms with Crippen molar-refractivity contribution >= 4 is 5.91 Å². The molecule has 1 atom stereocenters. The maximum atomic E-state index is 13.1. The fourth-order valence-electron chi connectivity index (χ4n) is 6.95. The van der Waals surface area contributed by atoms with Gasteiger partial charge in [-0.15, -0.1) is 0 Å². The number of hydrogen-bond acceptors (Lipinski definition) is 3. The van der Waals surface area contributed by atoms with E-state index in [4.69, 9.17) is 0 Å². The van der Waals surface area contributed by atoms with Crippen LogP contribution in [0.4, 0.5) is 0 Å². The van der Waals surface area contributed by atoms with Crippen LogP contribution < -0.4 is 5.32 Å². The molecule has 4 bridgehead atoms. The maximum absolute atomic E-state index is 13.1. The zero-order chi connectivity index (χ0) is 19.1. The first-order valence-electron chi connectivity index (χ1n) is 11.4. The minimum absolute atomic E-state index is 0.00752. The summed E-state index contributed by atoms with van der Waals surface area (Å²) in [7, 11) is 0. The molecule has 152 valence electrons. The summed E-state index contributed by atoms with van der Waals surface area (Å²) in [6.45, 7) is 7.20. The summed E-state index contributed by atoms with van der Waals surface area (Å²) in [5.74, 6) is 2.91.